The van der Waals surface area contributed by atoms with E-state index in [9.17, 15) is 21.9 Å². The molecule has 0 aliphatic carbocycles. The fourth-order valence-electron chi connectivity index (χ4n) is 13.5. The summed E-state index contributed by atoms with van der Waals surface area (Å²) in [4.78, 5) is 4.90. The number of fused-ring (bicyclic) bond motifs is 10. The van der Waals surface area contributed by atoms with Gasteiger partial charge in [0.1, 0.15) is 5.82 Å². The van der Waals surface area contributed by atoms with Gasteiger partial charge in [-0.25, -0.2) is 4.98 Å². The molecule has 12 aromatic carbocycles. The number of hydrogen-bond acceptors (Lipinski definition) is 2. The van der Waals surface area contributed by atoms with Crippen LogP contribution >= 0.6 is 0 Å². The molecule has 0 amide bonds. The van der Waals surface area contributed by atoms with Gasteiger partial charge in [0.2, 0.25) is 0 Å². The standard InChI is InChI=1S/C90H74N4OSi.Pt/c1-88(2,3)62-49-50-91-84(54-62)94-81-46-25-24-41-76(81)77-48-47-67(56-82(77)94)95-66-32-26-31-65(55-66)92-59-93-86-73(61-51-63(89(4,5)6)53-64(52-61)90(7,8)9)43-28-45-79(86)85-72(60-29-14-10-15-30-60)42-27-44-78(85)74-39-22-23-40-75(74)80-57-71(58-83(92)87(80)93)96(68-33-16-11-17-34-68,69-35-18-12-19-36-69)70-37-20-13-21-38-70;/h10-54,57-58H,1-9H3;/q-2;/i10D,11D,12D,13D,14D,15D,16D,17D,18D,19D,20D,21D,29D,30D,33D,34D,35D,36D,37D,38D;. The predicted molar refractivity (Wildman–Crippen MR) is 400 cm³/mol. The van der Waals surface area contributed by atoms with Crippen LogP contribution in [0.4, 0.5) is 0 Å². The summed E-state index contributed by atoms with van der Waals surface area (Å²) in [5.41, 5.74) is 8.13. The molecule has 476 valence electrons. The number of para-hydroxylation sites is 2. The number of ether oxygens (including phenoxy) is 1. The number of nitrogens with zero attached hydrogens (tertiary/aromatic N) is 4. The number of imidazole rings is 1. The van der Waals surface area contributed by atoms with E-state index in [4.69, 9.17) is 15.2 Å². The number of rotatable bonds is 10. The number of aromatic nitrogens is 4. The normalized spacial score (nSPS) is 15.2. The van der Waals surface area contributed by atoms with Crippen LogP contribution in [0.1, 0.15) is 106 Å². The molecule has 3 aromatic heterocycles. The van der Waals surface area contributed by atoms with E-state index >= 15 is 0 Å². The van der Waals surface area contributed by atoms with E-state index in [0.717, 1.165) is 38.5 Å². The molecule has 15 aromatic rings. The van der Waals surface area contributed by atoms with Gasteiger partial charge < -0.3 is 13.9 Å². The van der Waals surface area contributed by atoms with Crippen molar-refractivity contribution >= 4 is 61.7 Å². The van der Waals surface area contributed by atoms with E-state index < -0.39 is 155 Å². The number of hydrogen-bond donors (Lipinski definition) is 0. The Morgan fingerprint density at radius 3 is 1.62 bits per heavy atom. The van der Waals surface area contributed by atoms with Crippen molar-refractivity contribution in [2.45, 2.75) is 78.6 Å². The molecule has 0 bridgehead atoms. The van der Waals surface area contributed by atoms with Crippen LogP contribution in [0.3, 0.4) is 0 Å². The van der Waals surface area contributed by atoms with Gasteiger partial charge in [0.25, 0.3) is 6.33 Å². The smallest absolute Gasteiger partial charge is 0.268 e. The van der Waals surface area contributed by atoms with Crippen molar-refractivity contribution in [3.63, 3.8) is 0 Å². The van der Waals surface area contributed by atoms with Crippen LogP contribution in [0.25, 0.3) is 106 Å². The second-order valence-corrected chi connectivity index (χ2v) is 30.9. The maximum Gasteiger partial charge on any atom is 0.268 e. The molecular formula is C90H74N4OPtSi-2. The molecule has 0 radical (unpaired) electrons. The van der Waals surface area contributed by atoms with E-state index in [-0.39, 0.29) is 76.6 Å². The van der Waals surface area contributed by atoms with Gasteiger partial charge in [-0.05, 0) is 139 Å². The molecular weight excluding hydrogens is 1380 g/mol. The summed E-state index contributed by atoms with van der Waals surface area (Å²) in [5.74, 6) is 1.07. The summed E-state index contributed by atoms with van der Waals surface area (Å²) in [5, 5.41) is -0.518. The summed E-state index contributed by atoms with van der Waals surface area (Å²) in [6.07, 6.45) is 5.58. The molecule has 7 heteroatoms. The third kappa shape index (κ3) is 10.9. The van der Waals surface area contributed by atoms with Crippen LogP contribution in [0, 0.1) is 18.5 Å². The third-order valence-electron chi connectivity index (χ3n) is 18.3. The Bertz CT molecular complexity index is 6480. The minimum absolute atomic E-state index is 0. The molecule has 0 fully saturated rings. The molecule has 0 spiro atoms. The molecule has 97 heavy (non-hydrogen) atoms. The summed E-state index contributed by atoms with van der Waals surface area (Å²) >= 11 is 0. The van der Waals surface area contributed by atoms with Crippen molar-refractivity contribution < 1.29 is 57.8 Å². The molecule has 0 atom stereocenters. The average Bonchev–Trinajstić information content (AvgIpc) is 1.67. The monoisotopic (exact) mass is 1470 g/mol. The summed E-state index contributed by atoms with van der Waals surface area (Å²) in [7, 11) is -5.99. The first-order valence-electron chi connectivity index (χ1n) is 41.8. The van der Waals surface area contributed by atoms with Crippen molar-refractivity contribution in [3.8, 4) is 84.3 Å². The van der Waals surface area contributed by atoms with Crippen molar-refractivity contribution in [2.75, 3.05) is 0 Å². The zero-order valence-electron chi connectivity index (χ0n) is 74.6. The van der Waals surface area contributed by atoms with Gasteiger partial charge in [0.15, 0.2) is 8.07 Å². The molecule has 0 saturated heterocycles. The fraction of sp³-hybridized carbons (Fsp3) is 0.133. The molecule has 16 rings (SSSR count). The molecule has 0 N–H and O–H groups in total. The van der Waals surface area contributed by atoms with Crippen molar-refractivity contribution in [1.29, 1.82) is 0 Å². The number of benzene rings is 12. The Hall–Kier alpha value is -10.2. The first-order valence-corrected chi connectivity index (χ1v) is 33.8. The molecule has 4 heterocycles. The van der Waals surface area contributed by atoms with Gasteiger partial charge in [-0.15, -0.1) is 29.7 Å². The summed E-state index contributed by atoms with van der Waals surface area (Å²) in [6.45, 7) is 19.1. The van der Waals surface area contributed by atoms with E-state index in [0.29, 0.717) is 50.4 Å². The van der Waals surface area contributed by atoms with Gasteiger partial charge in [0, 0.05) is 44.3 Å². The van der Waals surface area contributed by atoms with Crippen molar-refractivity contribution in [2.24, 2.45) is 0 Å². The van der Waals surface area contributed by atoms with Gasteiger partial charge >= 0.3 is 0 Å². The SMILES string of the molecule is [2H]c1c([2H])c([2H])c(-c2cccc3c2-c2cccc(-c4cc(C(C)(C)C)cc(C(C)(C)C)c4)c2-[n+]2[c-]n(-c4[c-]c(Oc5[c-]c6c(cc5)c5ccccc5n6-c5cc(C(C)(C)C)ccn5)ccc4)c4cc([Si](c5c([2H])c([2H])c([2H])c([2H])c5[2H])(c5c([2H])c([2H])c([2H])c([2H])c5[2H])c5c([2H])c([2H])c([2H])c([2H])c5[2H])cc(c42)-c2ccccc2-3)c([2H])c1[2H].[Pt]. The van der Waals surface area contributed by atoms with Crippen LogP contribution < -0.4 is 30.1 Å². The van der Waals surface area contributed by atoms with Crippen molar-refractivity contribution in [3.05, 3.63) is 320 Å². The van der Waals surface area contributed by atoms with E-state index in [1.165, 1.54) is 0 Å². The van der Waals surface area contributed by atoms with Crippen LogP contribution in [0.2, 0.25) is 0 Å². The number of pyridine rings is 1. The Morgan fingerprint density at radius 2 is 0.979 bits per heavy atom. The van der Waals surface area contributed by atoms with Gasteiger partial charge in [-0.1, -0.05) is 298 Å². The second kappa shape index (κ2) is 24.4. The quantitative estimate of drug-likeness (QED) is 0.0592. The van der Waals surface area contributed by atoms with E-state index in [1.54, 1.807) is 77.5 Å². The first-order chi connectivity index (χ1) is 54.8. The Balaban J connectivity index is 0.0000107. The summed E-state index contributed by atoms with van der Waals surface area (Å²) in [6, 6.07) is 39.0. The van der Waals surface area contributed by atoms with Crippen LogP contribution in [0.5, 0.6) is 11.5 Å². The molecule has 1 aliphatic heterocycles. The molecule has 0 saturated carbocycles. The Labute approximate surface area is 613 Å². The largest absolute Gasteiger partial charge is 0.510 e. The fourth-order valence-corrected chi connectivity index (χ4v) is 17.4. The third-order valence-corrected chi connectivity index (χ3v) is 22.4. The van der Waals surface area contributed by atoms with Gasteiger partial charge in [0.05, 0.1) is 44.1 Å². The molecule has 5 nitrogen and oxygen atoms in total. The zero-order valence-corrected chi connectivity index (χ0v) is 57.9. The first kappa shape index (κ1) is 43.8. The van der Waals surface area contributed by atoms with Crippen molar-refractivity contribution in [1.82, 2.24) is 14.1 Å². The minimum atomic E-state index is -5.99. The maximum absolute atomic E-state index is 10.2. The van der Waals surface area contributed by atoms with E-state index in [2.05, 4.69) is 105 Å². The van der Waals surface area contributed by atoms with Gasteiger partial charge in [-0.2, -0.15) is 18.2 Å². The molecule has 1 aliphatic rings. The topological polar surface area (TPSA) is 35.9 Å². The minimum Gasteiger partial charge on any atom is -0.510 e. The van der Waals surface area contributed by atoms with E-state index in [1.807, 2.05) is 75.9 Å². The second-order valence-electron chi connectivity index (χ2n) is 27.3. The molecule has 0 unspecified atom stereocenters. The van der Waals surface area contributed by atoms with Crippen LogP contribution in [-0.4, -0.2) is 22.2 Å². The van der Waals surface area contributed by atoms with Gasteiger partial charge in [-0.3, -0.25) is 4.57 Å². The Kier molecular flexibility index (Phi) is 11.0. The van der Waals surface area contributed by atoms with Crippen LogP contribution in [-0.2, 0) is 37.3 Å². The average molecular weight is 1470 g/mol. The maximum atomic E-state index is 10.2. The van der Waals surface area contributed by atoms with Crippen LogP contribution in [0.15, 0.2) is 285 Å². The summed E-state index contributed by atoms with van der Waals surface area (Å²) < 4.78 is 205. The zero-order chi connectivity index (χ0) is 83.1. The Morgan fingerprint density at radius 1 is 0.433 bits per heavy atom. The predicted octanol–water partition coefficient (Wildman–Crippen LogP) is 19.5.